The summed E-state index contributed by atoms with van der Waals surface area (Å²) < 4.78 is 2.03. The van der Waals surface area contributed by atoms with Gasteiger partial charge in [-0.1, -0.05) is 51.2 Å². The number of thioether (sulfide) groups is 1. The van der Waals surface area contributed by atoms with Gasteiger partial charge in [0, 0.05) is 16.3 Å². The number of benzene rings is 1. The first-order valence-electron chi connectivity index (χ1n) is 4.68. The molecule has 1 aromatic carbocycles. The number of nitrogens with two attached hydrogens (primary N) is 1. The van der Waals surface area contributed by atoms with Gasteiger partial charge in [0.05, 0.1) is 0 Å². The highest BCUT2D eigenvalue weighted by molar-refractivity contribution is 9.10. The van der Waals surface area contributed by atoms with Crippen molar-refractivity contribution < 1.29 is 0 Å². The topological polar surface area (TPSA) is 51.8 Å². The Morgan fingerprint density at radius 3 is 2.69 bits per heavy atom. The van der Waals surface area contributed by atoms with Crippen LogP contribution in [0.4, 0.5) is 0 Å². The largest absolute Gasteiger partial charge is 0.329 e. The van der Waals surface area contributed by atoms with Gasteiger partial charge in [0.2, 0.25) is 0 Å². The van der Waals surface area contributed by atoms with Crippen LogP contribution >= 0.6 is 39.0 Å². The molecule has 84 valence electrons. The quantitative estimate of drug-likeness (QED) is 0.881. The van der Waals surface area contributed by atoms with Crippen LogP contribution in [-0.4, -0.2) is 16.7 Å². The smallest absolute Gasteiger partial charge is 0.174 e. The van der Waals surface area contributed by atoms with E-state index < -0.39 is 0 Å². The third-order valence-corrected chi connectivity index (χ3v) is 4.66. The molecule has 1 heterocycles. The van der Waals surface area contributed by atoms with E-state index >= 15 is 0 Å². The molecule has 2 N–H and O–H groups in total. The van der Waals surface area contributed by atoms with E-state index in [4.69, 9.17) is 5.73 Å². The van der Waals surface area contributed by atoms with Crippen molar-refractivity contribution in [2.45, 2.75) is 9.59 Å². The molecule has 0 fully saturated rings. The third-order valence-electron chi connectivity index (χ3n) is 2.04. The molecule has 0 aliphatic carbocycles. The molecule has 6 heteroatoms. The fourth-order valence-electron chi connectivity index (χ4n) is 1.27. The Hall–Kier alpha value is -0.430. The summed E-state index contributed by atoms with van der Waals surface area (Å²) in [5.41, 5.74) is 8.73. The van der Waals surface area contributed by atoms with Crippen LogP contribution in [0.3, 0.4) is 0 Å². The molecule has 2 aromatic rings. The average molecular weight is 316 g/mol. The van der Waals surface area contributed by atoms with Crippen molar-refractivity contribution in [1.29, 1.82) is 0 Å². The molecule has 0 saturated heterocycles. The van der Waals surface area contributed by atoms with E-state index in [0.717, 1.165) is 8.81 Å². The second-order valence-corrected chi connectivity index (χ2v) is 6.30. The summed E-state index contributed by atoms with van der Waals surface area (Å²) in [7, 11) is 0. The standard InChI is InChI=1S/C10H10BrN3S2/c11-8-3-1-7(2-4-8)9(5-12)16-10-14-13-6-15-10/h1-4,6,9H,5,12H2. The molecule has 3 nitrogen and oxygen atoms in total. The predicted molar refractivity (Wildman–Crippen MR) is 71.7 cm³/mol. The van der Waals surface area contributed by atoms with E-state index in [0.29, 0.717) is 6.54 Å². The maximum Gasteiger partial charge on any atom is 0.174 e. The Morgan fingerprint density at radius 2 is 2.12 bits per heavy atom. The van der Waals surface area contributed by atoms with Gasteiger partial charge >= 0.3 is 0 Å². The third kappa shape index (κ3) is 3.04. The second kappa shape index (κ2) is 5.77. The van der Waals surface area contributed by atoms with Crippen LogP contribution in [0.25, 0.3) is 0 Å². The molecule has 0 bridgehead atoms. The van der Waals surface area contributed by atoms with E-state index in [1.165, 1.54) is 5.56 Å². The zero-order valence-corrected chi connectivity index (χ0v) is 11.6. The van der Waals surface area contributed by atoms with E-state index in [9.17, 15) is 0 Å². The minimum absolute atomic E-state index is 0.237. The Balaban J connectivity index is 2.13. The lowest BCUT2D eigenvalue weighted by atomic mass is 10.1. The van der Waals surface area contributed by atoms with Crippen molar-refractivity contribution in [3.05, 3.63) is 39.8 Å². The second-order valence-electron chi connectivity index (χ2n) is 3.10. The van der Waals surface area contributed by atoms with E-state index in [1.807, 2.05) is 12.1 Å². The summed E-state index contributed by atoms with van der Waals surface area (Å²) in [4.78, 5) is 0. The number of hydrogen-bond donors (Lipinski definition) is 1. The molecule has 0 aliphatic heterocycles. The highest BCUT2D eigenvalue weighted by atomic mass is 79.9. The zero-order chi connectivity index (χ0) is 11.4. The molecule has 0 aliphatic rings. The van der Waals surface area contributed by atoms with E-state index in [-0.39, 0.29) is 5.25 Å². The van der Waals surface area contributed by atoms with Crippen LogP contribution in [-0.2, 0) is 0 Å². The Bertz CT molecular complexity index is 430. The Morgan fingerprint density at radius 1 is 1.38 bits per heavy atom. The lowest BCUT2D eigenvalue weighted by Gasteiger charge is -2.12. The van der Waals surface area contributed by atoms with Crippen molar-refractivity contribution in [2.75, 3.05) is 6.54 Å². The van der Waals surface area contributed by atoms with E-state index in [1.54, 1.807) is 28.6 Å². The summed E-state index contributed by atoms with van der Waals surface area (Å²) in [6.07, 6.45) is 0. The van der Waals surface area contributed by atoms with Crippen molar-refractivity contribution in [3.63, 3.8) is 0 Å². The summed E-state index contributed by atoms with van der Waals surface area (Å²) in [6.45, 7) is 0.589. The predicted octanol–water partition coefficient (Wildman–Crippen LogP) is 3.09. The van der Waals surface area contributed by atoms with Gasteiger partial charge in [0.25, 0.3) is 0 Å². The SMILES string of the molecule is NCC(Sc1nncs1)c1ccc(Br)cc1. The molecule has 1 unspecified atom stereocenters. The number of aromatic nitrogens is 2. The molecular weight excluding hydrogens is 306 g/mol. The van der Waals surface area contributed by atoms with Crippen molar-refractivity contribution in [1.82, 2.24) is 10.2 Å². The van der Waals surface area contributed by atoms with Gasteiger partial charge in [0.1, 0.15) is 5.51 Å². The fourth-order valence-corrected chi connectivity index (χ4v) is 3.24. The van der Waals surface area contributed by atoms with Crippen LogP contribution in [0.1, 0.15) is 10.8 Å². The van der Waals surface area contributed by atoms with Crippen LogP contribution < -0.4 is 5.73 Å². The normalized spacial score (nSPS) is 12.6. The van der Waals surface area contributed by atoms with Crippen LogP contribution in [0.2, 0.25) is 0 Å². The van der Waals surface area contributed by atoms with Gasteiger partial charge in [-0.2, -0.15) is 0 Å². The van der Waals surface area contributed by atoms with Gasteiger partial charge in [0.15, 0.2) is 4.34 Å². The molecule has 1 atom stereocenters. The van der Waals surface area contributed by atoms with Crippen molar-refractivity contribution >= 4 is 39.0 Å². The number of nitrogens with zero attached hydrogens (tertiary/aromatic N) is 2. The molecule has 2 rings (SSSR count). The molecule has 0 spiro atoms. The number of halogens is 1. The molecule has 16 heavy (non-hydrogen) atoms. The van der Waals surface area contributed by atoms with Crippen molar-refractivity contribution in [2.24, 2.45) is 5.73 Å². The minimum atomic E-state index is 0.237. The summed E-state index contributed by atoms with van der Waals surface area (Å²) >= 11 is 6.62. The van der Waals surface area contributed by atoms with Crippen molar-refractivity contribution in [3.8, 4) is 0 Å². The molecule has 0 amide bonds. The summed E-state index contributed by atoms with van der Waals surface area (Å²) in [5.74, 6) is 0. The van der Waals surface area contributed by atoms with E-state index in [2.05, 4.69) is 38.3 Å². The minimum Gasteiger partial charge on any atom is -0.329 e. The lowest BCUT2D eigenvalue weighted by Crippen LogP contribution is -2.09. The van der Waals surface area contributed by atoms with Gasteiger partial charge in [-0.15, -0.1) is 10.2 Å². The molecule has 0 radical (unpaired) electrons. The lowest BCUT2D eigenvalue weighted by molar-refractivity contribution is 0.931. The van der Waals surface area contributed by atoms with Crippen LogP contribution in [0, 0.1) is 0 Å². The first-order valence-corrected chi connectivity index (χ1v) is 7.23. The fraction of sp³-hybridized carbons (Fsp3) is 0.200. The van der Waals surface area contributed by atoms with Gasteiger partial charge in [-0.05, 0) is 17.7 Å². The number of rotatable bonds is 4. The Labute approximate surface area is 111 Å². The van der Waals surface area contributed by atoms with Crippen LogP contribution in [0.5, 0.6) is 0 Å². The average Bonchev–Trinajstić information content (AvgIpc) is 2.80. The van der Waals surface area contributed by atoms with Crippen LogP contribution in [0.15, 0.2) is 38.6 Å². The number of hydrogen-bond acceptors (Lipinski definition) is 5. The maximum absolute atomic E-state index is 5.78. The molecule has 1 aromatic heterocycles. The first-order chi connectivity index (χ1) is 7.79. The molecule has 0 saturated carbocycles. The Kier molecular flexibility index (Phi) is 4.34. The van der Waals surface area contributed by atoms with Gasteiger partial charge < -0.3 is 5.73 Å². The molecular formula is C10H10BrN3S2. The highest BCUT2D eigenvalue weighted by Crippen LogP contribution is 2.35. The maximum atomic E-state index is 5.78. The van der Waals surface area contributed by atoms with Gasteiger partial charge in [-0.3, -0.25) is 0 Å². The summed E-state index contributed by atoms with van der Waals surface area (Å²) in [6, 6.07) is 8.21. The highest BCUT2D eigenvalue weighted by Gasteiger charge is 2.13. The zero-order valence-electron chi connectivity index (χ0n) is 8.34. The van der Waals surface area contributed by atoms with Gasteiger partial charge in [-0.25, -0.2) is 0 Å². The monoisotopic (exact) mass is 315 g/mol. The first kappa shape index (κ1) is 12.0. The summed E-state index contributed by atoms with van der Waals surface area (Å²) in [5, 5.41) is 8.07.